The molecule has 1 saturated carbocycles. The number of aromatic hydroxyl groups is 1. The van der Waals surface area contributed by atoms with E-state index in [-0.39, 0.29) is 23.5 Å². The molecule has 1 aliphatic rings. The molecule has 39 heavy (non-hydrogen) atoms. The lowest BCUT2D eigenvalue weighted by atomic mass is 9.95. The Hall–Kier alpha value is -4.90. The molecule has 1 unspecified atom stereocenters. The molecule has 3 aromatic carbocycles. The predicted octanol–water partition coefficient (Wildman–Crippen LogP) is 5.30. The van der Waals surface area contributed by atoms with Crippen molar-refractivity contribution in [3.8, 4) is 22.9 Å². The molecule has 1 fully saturated rings. The summed E-state index contributed by atoms with van der Waals surface area (Å²) in [6, 6.07) is 18.8. The zero-order valence-electron chi connectivity index (χ0n) is 21.8. The van der Waals surface area contributed by atoms with Gasteiger partial charge in [0.15, 0.2) is 5.58 Å². The number of amides is 1. The van der Waals surface area contributed by atoms with Gasteiger partial charge >= 0.3 is 5.76 Å². The number of rotatable bonds is 5. The Morgan fingerprint density at radius 1 is 1.15 bits per heavy atom. The van der Waals surface area contributed by atoms with Crippen LogP contribution in [0.25, 0.3) is 33.0 Å². The lowest BCUT2D eigenvalue weighted by Crippen LogP contribution is -2.29. The second kappa shape index (κ2) is 9.14. The molecule has 194 valence electrons. The summed E-state index contributed by atoms with van der Waals surface area (Å²) in [5.41, 5.74) is 6.00. The first-order valence-corrected chi connectivity index (χ1v) is 12.7. The highest BCUT2D eigenvalue weighted by molar-refractivity contribution is 5.99. The van der Waals surface area contributed by atoms with Gasteiger partial charge in [-0.2, -0.15) is 5.26 Å². The number of carbonyl (C=O) groups is 1. The molecule has 1 aliphatic carbocycles. The minimum absolute atomic E-state index is 0.0885. The molecule has 5 aromatic rings. The van der Waals surface area contributed by atoms with Gasteiger partial charge in [0.2, 0.25) is 5.91 Å². The fourth-order valence-corrected chi connectivity index (χ4v) is 5.20. The first kappa shape index (κ1) is 24.4. The van der Waals surface area contributed by atoms with Gasteiger partial charge in [-0.15, -0.1) is 0 Å². The summed E-state index contributed by atoms with van der Waals surface area (Å²) < 4.78 is 7.22. The highest BCUT2D eigenvalue weighted by Crippen LogP contribution is 2.40. The molecule has 6 rings (SSSR count). The van der Waals surface area contributed by atoms with E-state index in [0.717, 1.165) is 38.6 Å². The molecule has 2 aromatic heterocycles. The number of nitriles is 1. The van der Waals surface area contributed by atoms with E-state index in [1.807, 2.05) is 32.0 Å². The van der Waals surface area contributed by atoms with Gasteiger partial charge in [0.25, 0.3) is 0 Å². The Bertz CT molecular complexity index is 1880. The number of fused-ring (bicyclic) bond motifs is 2. The molecule has 8 heteroatoms. The fourth-order valence-electron chi connectivity index (χ4n) is 5.20. The summed E-state index contributed by atoms with van der Waals surface area (Å²) >= 11 is 0. The van der Waals surface area contributed by atoms with Crippen molar-refractivity contribution in [1.82, 2.24) is 9.55 Å². The highest BCUT2D eigenvalue weighted by Gasteiger charge is 2.45. The van der Waals surface area contributed by atoms with E-state index in [2.05, 4.69) is 23.2 Å². The van der Waals surface area contributed by atoms with Crippen molar-refractivity contribution >= 4 is 33.6 Å². The second-order valence-corrected chi connectivity index (χ2v) is 10.3. The number of phenols is 1. The molecule has 0 bridgehead atoms. The van der Waals surface area contributed by atoms with Crippen molar-refractivity contribution in [3.05, 3.63) is 88.0 Å². The minimum Gasteiger partial charge on any atom is -0.508 e. The monoisotopic (exact) mass is 518 g/mol. The largest absolute Gasteiger partial charge is 0.508 e. The van der Waals surface area contributed by atoms with Crippen LogP contribution in [-0.4, -0.2) is 27.6 Å². The molecule has 8 nitrogen and oxygen atoms in total. The average Bonchev–Trinajstić information content (AvgIpc) is 3.66. The second-order valence-electron chi connectivity index (χ2n) is 10.3. The average molecular weight is 519 g/mol. The maximum Gasteiger partial charge on any atom is 0.420 e. The topological polar surface area (TPSA) is 112 Å². The summed E-state index contributed by atoms with van der Waals surface area (Å²) in [4.78, 5) is 31.6. The Kier molecular flexibility index (Phi) is 5.72. The summed E-state index contributed by atoms with van der Waals surface area (Å²) in [6.45, 7) is 4.35. The number of hydrogen-bond donors (Lipinski definition) is 1. The zero-order chi connectivity index (χ0) is 27.4. The molecule has 0 aliphatic heterocycles. The van der Waals surface area contributed by atoms with Crippen LogP contribution in [0.2, 0.25) is 0 Å². The molecular formula is C31H26N4O4. The molecule has 0 saturated heterocycles. The normalized spacial score (nSPS) is 16.4. The van der Waals surface area contributed by atoms with Gasteiger partial charge in [-0.25, -0.2) is 9.78 Å². The fraction of sp³-hybridized carbons (Fsp3) is 0.226. The predicted molar refractivity (Wildman–Crippen MR) is 149 cm³/mol. The van der Waals surface area contributed by atoms with Gasteiger partial charge in [0, 0.05) is 18.6 Å². The van der Waals surface area contributed by atoms with Crippen LogP contribution < -0.4 is 10.7 Å². The number of hydrogen-bond acceptors (Lipinski definition) is 6. The number of aromatic nitrogens is 2. The van der Waals surface area contributed by atoms with Gasteiger partial charge in [-0.1, -0.05) is 18.2 Å². The summed E-state index contributed by atoms with van der Waals surface area (Å²) in [6.07, 6.45) is 2.38. The third-order valence-corrected chi connectivity index (χ3v) is 7.58. The van der Waals surface area contributed by atoms with Gasteiger partial charge in [-0.3, -0.25) is 14.3 Å². The Morgan fingerprint density at radius 2 is 1.92 bits per heavy atom. The van der Waals surface area contributed by atoms with Crippen LogP contribution in [0.4, 0.5) is 5.82 Å². The van der Waals surface area contributed by atoms with Crippen LogP contribution in [0.15, 0.2) is 70.0 Å². The Labute approximate surface area is 224 Å². The van der Waals surface area contributed by atoms with Gasteiger partial charge in [-0.05, 0) is 89.9 Å². The maximum atomic E-state index is 12.8. The summed E-state index contributed by atoms with van der Waals surface area (Å²) in [7, 11) is 1.70. The third kappa shape index (κ3) is 4.32. The molecule has 0 radical (unpaired) electrons. The van der Waals surface area contributed by atoms with Crippen molar-refractivity contribution in [2.24, 2.45) is 11.8 Å². The van der Waals surface area contributed by atoms with Gasteiger partial charge < -0.3 is 9.52 Å². The number of pyridine rings is 1. The van der Waals surface area contributed by atoms with Crippen molar-refractivity contribution in [1.29, 1.82) is 5.26 Å². The van der Waals surface area contributed by atoms with Crippen molar-refractivity contribution in [2.45, 2.75) is 26.8 Å². The van der Waals surface area contributed by atoms with Crippen LogP contribution in [0.1, 0.15) is 23.1 Å². The van der Waals surface area contributed by atoms with E-state index in [1.165, 1.54) is 4.90 Å². The molecule has 2 atom stereocenters. The standard InChI is InChI=1S/C31H26N4O4/c1-17-8-20(10-21-12-29(33-15-26(17)21)34(3)30(37)25-11-22(25)14-32)24-13-28-27(9-18(24)2)35(31(38)39-28)16-19-4-6-23(36)7-5-19/h4-10,12-13,15,22,25,36H,11,16H2,1-3H3/t22?,25-/m0/s1. The van der Waals surface area contributed by atoms with E-state index in [1.54, 1.807) is 42.1 Å². The molecule has 1 N–H and O–H groups in total. The smallest absolute Gasteiger partial charge is 0.420 e. The molecule has 0 spiro atoms. The maximum absolute atomic E-state index is 12.8. The first-order valence-electron chi connectivity index (χ1n) is 12.7. The molecule has 1 amide bonds. The highest BCUT2D eigenvalue weighted by atomic mass is 16.4. The lowest BCUT2D eigenvalue weighted by Gasteiger charge is -2.17. The number of carbonyl (C=O) groups excluding carboxylic acids is 1. The van der Waals surface area contributed by atoms with E-state index in [4.69, 9.17) is 9.68 Å². The van der Waals surface area contributed by atoms with Crippen molar-refractivity contribution < 1.29 is 14.3 Å². The zero-order valence-corrected chi connectivity index (χ0v) is 21.8. The third-order valence-electron chi connectivity index (χ3n) is 7.58. The van der Waals surface area contributed by atoms with E-state index in [9.17, 15) is 14.7 Å². The van der Waals surface area contributed by atoms with Crippen LogP contribution in [-0.2, 0) is 11.3 Å². The number of aryl methyl sites for hydroxylation is 2. The number of anilines is 1. The van der Waals surface area contributed by atoms with Crippen LogP contribution in [0, 0.1) is 37.0 Å². The number of benzene rings is 3. The van der Waals surface area contributed by atoms with Crippen LogP contribution in [0.5, 0.6) is 5.75 Å². The SMILES string of the molecule is Cc1cc2c(cc1-c1cc(C)c3cnc(N(C)C(=O)[C@H]4CC4C#N)cc3c1)oc(=O)n2Cc1ccc(O)cc1. The molecular weight excluding hydrogens is 492 g/mol. The van der Waals surface area contributed by atoms with Gasteiger partial charge in [0.05, 0.1) is 30.0 Å². The van der Waals surface area contributed by atoms with Crippen LogP contribution >= 0.6 is 0 Å². The summed E-state index contributed by atoms with van der Waals surface area (Å²) in [5.74, 6) is -0.279. The van der Waals surface area contributed by atoms with E-state index >= 15 is 0 Å². The summed E-state index contributed by atoms with van der Waals surface area (Å²) in [5, 5.41) is 20.6. The minimum atomic E-state index is -0.443. The van der Waals surface area contributed by atoms with Crippen molar-refractivity contribution in [3.63, 3.8) is 0 Å². The Balaban J connectivity index is 1.38. The number of phenolic OH excluding ortho intramolecular Hbond substituents is 1. The number of oxazole rings is 1. The lowest BCUT2D eigenvalue weighted by molar-refractivity contribution is -0.119. The van der Waals surface area contributed by atoms with Crippen molar-refractivity contribution in [2.75, 3.05) is 11.9 Å². The number of nitrogens with zero attached hydrogens (tertiary/aromatic N) is 4. The first-order chi connectivity index (χ1) is 18.7. The van der Waals surface area contributed by atoms with Crippen LogP contribution in [0.3, 0.4) is 0 Å². The van der Waals surface area contributed by atoms with E-state index < -0.39 is 5.76 Å². The quantitative estimate of drug-likeness (QED) is 0.338. The van der Waals surface area contributed by atoms with E-state index in [0.29, 0.717) is 29.9 Å². The van der Waals surface area contributed by atoms with Gasteiger partial charge in [0.1, 0.15) is 11.6 Å². The Morgan fingerprint density at radius 3 is 2.64 bits per heavy atom. The molecule has 2 heterocycles.